The molecule has 0 unspecified atom stereocenters. The monoisotopic (exact) mass is 358 g/mol. The van der Waals surface area contributed by atoms with Gasteiger partial charge in [0.15, 0.2) is 10.2 Å². The van der Waals surface area contributed by atoms with Crippen molar-refractivity contribution >= 4 is 45.1 Å². The zero-order valence-corrected chi connectivity index (χ0v) is 13.2. The number of aromatic nitrogens is 2. The molecule has 0 aliphatic rings. The molecule has 1 heterocycles. The molecule has 2 rings (SSSR count). The lowest BCUT2D eigenvalue weighted by Crippen LogP contribution is -2.14. The summed E-state index contributed by atoms with van der Waals surface area (Å²) in [7, 11) is 0. The summed E-state index contributed by atoms with van der Waals surface area (Å²) in [6.07, 6.45) is 0.808. The molecule has 0 spiro atoms. The van der Waals surface area contributed by atoms with Gasteiger partial charge in [0.25, 0.3) is 0 Å². The molecule has 3 N–H and O–H groups in total. The van der Waals surface area contributed by atoms with E-state index in [-0.39, 0.29) is 5.84 Å². The number of oxime groups is 1. The first-order valence-electron chi connectivity index (χ1n) is 5.42. The molecule has 0 fully saturated rings. The number of nitrogens with two attached hydrogens (primary N) is 1. The lowest BCUT2D eigenvalue weighted by Gasteiger charge is -2.06. The van der Waals surface area contributed by atoms with Gasteiger partial charge >= 0.3 is 0 Å². The molecule has 0 bridgehead atoms. The van der Waals surface area contributed by atoms with Gasteiger partial charge in [0, 0.05) is 21.4 Å². The Balaban J connectivity index is 2.35. The number of nitrogens with zero attached hydrogens (tertiary/aromatic N) is 3. The van der Waals surface area contributed by atoms with Gasteiger partial charge in [-0.05, 0) is 29.7 Å². The third-order valence-corrected chi connectivity index (χ3v) is 4.63. The SMILES string of the molecule is CCc1nsc(Sc2cc(Br)ccc2/C(N)=N/O)n1. The van der Waals surface area contributed by atoms with Crippen LogP contribution in [0.2, 0.25) is 0 Å². The summed E-state index contributed by atoms with van der Waals surface area (Å²) in [5, 5.41) is 11.9. The lowest BCUT2D eigenvalue weighted by atomic mass is 10.2. The van der Waals surface area contributed by atoms with Crippen LogP contribution in [0.4, 0.5) is 0 Å². The predicted octanol–water partition coefficient (Wildman–Crippen LogP) is 3.11. The van der Waals surface area contributed by atoms with E-state index in [0.717, 1.165) is 26.0 Å². The van der Waals surface area contributed by atoms with Crippen molar-refractivity contribution in [1.29, 1.82) is 0 Å². The molecule has 0 aliphatic carbocycles. The average molecular weight is 359 g/mol. The zero-order valence-electron chi connectivity index (χ0n) is 10.00. The van der Waals surface area contributed by atoms with Crippen LogP contribution in [0, 0.1) is 0 Å². The van der Waals surface area contributed by atoms with Crippen LogP contribution in [0.3, 0.4) is 0 Å². The summed E-state index contributed by atoms with van der Waals surface area (Å²) < 4.78 is 5.99. The summed E-state index contributed by atoms with van der Waals surface area (Å²) in [6.45, 7) is 2.01. The van der Waals surface area contributed by atoms with Crippen LogP contribution in [-0.4, -0.2) is 20.4 Å². The second kappa shape index (κ2) is 6.36. The molecule has 0 atom stereocenters. The van der Waals surface area contributed by atoms with Crippen molar-refractivity contribution in [2.24, 2.45) is 10.9 Å². The molecular formula is C11H11BrN4OS2. The van der Waals surface area contributed by atoms with Crippen molar-refractivity contribution in [3.8, 4) is 0 Å². The van der Waals surface area contributed by atoms with E-state index in [1.54, 1.807) is 6.07 Å². The molecule has 0 saturated carbocycles. The average Bonchev–Trinajstić information content (AvgIpc) is 2.86. The first-order valence-corrected chi connectivity index (χ1v) is 7.80. The number of benzene rings is 1. The first-order chi connectivity index (χ1) is 9.13. The fraction of sp³-hybridized carbons (Fsp3) is 0.182. The summed E-state index contributed by atoms with van der Waals surface area (Å²) in [5.41, 5.74) is 6.34. The third kappa shape index (κ3) is 3.46. The Hall–Kier alpha value is -1.12. The van der Waals surface area contributed by atoms with Gasteiger partial charge in [-0.15, -0.1) is 0 Å². The summed E-state index contributed by atoms with van der Waals surface area (Å²) in [5.74, 6) is 0.906. The van der Waals surface area contributed by atoms with Crippen LogP contribution in [0.15, 0.2) is 37.1 Å². The van der Waals surface area contributed by atoms with Crippen LogP contribution < -0.4 is 5.73 Å². The van der Waals surface area contributed by atoms with E-state index < -0.39 is 0 Å². The van der Waals surface area contributed by atoms with Crippen molar-refractivity contribution in [2.45, 2.75) is 22.6 Å². The Bertz CT molecular complexity index is 614. The van der Waals surface area contributed by atoms with E-state index in [1.165, 1.54) is 23.3 Å². The van der Waals surface area contributed by atoms with Crippen molar-refractivity contribution in [3.63, 3.8) is 0 Å². The third-order valence-electron chi connectivity index (χ3n) is 2.29. The topological polar surface area (TPSA) is 84.4 Å². The number of rotatable bonds is 4. The highest BCUT2D eigenvalue weighted by molar-refractivity contribution is 9.10. The van der Waals surface area contributed by atoms with E-state index in [0.29, 0.717) is 5.56 Å². The Morgan fingerprint density at radius 1 is 1.58 bits per heavy atom. The van der Waals surface area contributed by atoms with Crippen LogP contribution in [0.25, 0.3) is 0 Å². The number of hydrogen-bond donors (Lipinski definition) is 2. The molecular weight excluding hydrogens is 348 g/mol. The maximum absolute atomic E-state index is 8.81. The number of halogens is 1. The molecule has 8 heteroatoms. The standard InChI is InChI=1S/C11H11BrN4OS2/c1-2-9-14-11(19-16-9)18-8-5-6(12)3-4-7(8)10(13)15-17/h3-5,17H,2H2,1H3,(H2,13,15). The highest BCUT2D eigenvalue weighted by atomic mass is 79.9. The molecule has 100 valence electrons. The fourth-order valence-electron chi connectivity index (χ4n) is 1.36. The molecule has 1 aromatic heterocycles. The van der Waals surface area contributed by atoms with Crippen molar-refractivity contribution < 1.29 is 5.21 Å². The van der Waals surface area contributed by atoms with Gasteiger partial charge in [-0.25, -0.2) is 4.98 Å². The Labute approximate surface area is 127 Å². The number of aryl methyl sites for hydroxylation is 1. The van der Waals surface area contributed by atoms with Crippen LogP contribution >= 0.6 is 39.2 Å². The lowest BCUT2D eigenvalue weighted by molar-refractivity contribution is 0.318. The van der Waals surface area contributed by atoms with Gasteiger partial charge in [0.05, 0.1) is 0 Å². The number of hydrogen-bond acceptors (Lipinski definition) is 6. The zero-order chi connectivity index (χ0) is 13.8. The van der Waals surface area contributed by atoms with E-state index in [9.17, 15) is 0 Å². The summed E-state index contributed by atoms with van der Waals surface area (Å²) in [6, 6.07) is 5.54. The maximum Gasteiger partial charge on any atom is 0.174 e. The van der Waals surface area contributed by atoms with Gasteiger partial charge in [-0.1, -0.05) is 39.8 Å². The molecule has 0 aliphatic heterocycles. The van der Waals surface area contributed by atoms with E-state index in [2.05, 4.69) is 30.4 Å². The Morgan fingerprint density at radius 2 is 2.37 bits per heavy atom. The normalized spacial score (nSPS) is 11.8. The quantitative estimate of drug-likeness (QED) is 0.379. The van der Waals surface area contributed by atoms with E-state index in [4.69, 9.17) is 10.9 Å². The van der Waals surface area contributed by atoms with Gasteiger partial charge in [0.1, 0.15) is 5.82 Å². The highest BCUT2D eigenvalue weighted by Crippen LogP contribution is 2.33. The smallest absolute Gasteiger partial charge is 0.174 e. The summed E-state index contributed by atoms with van der Waals surface area (Å²) >= 11 is 6.21. The largest absolute Gasteiger partial charge is 0.409 e. The molecule has 0 radical (unpaired) electrons. The van der Waals surface area contributed by atoms with Crippen LogP contribution in [-0.2, 0) is 6.42 Å². The summed E-state index contributed by atoms with van der Waals surface area (Å²) in [4.78, 5) is 5.26. The highest BCUT2D eigenvalue weighted by Gasteiger charge is 2.12. The van der Waals surface area contributed by atoms with Gasteiger partial charge in [-0.2, -0.15) is 4.37 Å². The Morgan fingerprint density at radius 3 is 3.00 bits per heavy atom. The molecule has 5 nitrogen and oxygen atoms in total. The van der Waals surface area contributed by atoms with Crippen molar-refractivity contribution in [3.05, 3.63) is 34.1 Å². The van der Waals surface area contributed by atoms with Crippen molar-refractivity contribution in [2.75, 3.05) is 0 Å². The molecule has 19 heavy (non-hydrogen) atoms. The Kier molecular flexibility index (Phi) is 4.78. The van der Waals surface area contributed by atoms with Crippen LogP contribution in [0.1, 0.15) is 18.3 Å². The molecule has 0 saturated heterocycles. The minimum Gasteiger partial charge on any atom is -0.409 e. The first kappa shape index (κ1) is 14.3. The molecule has 1 aromatic carbocycles. The molecule has 0 amide bonds. The fourth-order valence-corrected chi connectivity index (χ4v) is 3.71. The van der Waals surface area contributed by atoms with Crippen molar-refractivity contribution in [1.82, 2.24) is 9.36 Å². The maximum atomic E-state index is 8.81. The minimum atomic E-state index is 0.0789. The second-order valence-corrected chi connectivity index (χ2v) is 6.51. The predicted molar refractivity (Wildman–Crippen MR) is 80.1 cm³/mol. The minimum absolute atomic E-state index is 0.0789. The second-order valence-electron chi connectivity index (χ2n) is 3.56. The van der Waals surface area contributed by atoms with Gasteiger partial charge in [0.2, 0.25) is 0 Å². The van der Waals surface area contributed by atoms with Gasteiger partial charge < -0.3 is 10.9 Å². The van der Waals surface area contributed by atoms with Crippen LogP contribution in [0.5, 0.6) is 0 Å². The van der Waals surface area contributed by atoms with E-state index >= 15 is 0 Å². The van der Waals surface area contributed by atoms with E-state index in [1.807, 2.05) is 19.1 Å². The van der Waals surface area contributed by atoms with Gasteiger partial charge in [-0.3, -0.25) is 0 Å². The number of amidine groups is 1. The molecule has 2 aromatic rings.